The quantitative estimate of drug-likeness (QED) is 0.654. The summed E-state index contributed by atoms with van der Waals surface area (Å²) in [6.45, 7) is 0.981. The summed E-state index contributed by atoms with van der Waals surface area (Å²) in [5.41, 5.74) is 0. The molecule has 0 spiro atoms. The summed E-state index contributed by atoms with van der Waals surface area (Å²) in [4.78, 5) is 13.1. The third kappa shape index (κ3) is 3.27. The van der Waals surface area contributed by atoms with Crippen LogP contribution >= 0.6 is 0 Å². The number of hydrogen-bond donors (Lipinski definition) is 1. The minimum absolute atomic E-state index is 0.105. The van der Waals surface area contributed by atoms with Crippen molar-refractivity contribution < 1.29 is 14.6 Å². The first kappa shape index (κ1) is 11.5. The zero-order chi connectivity index (χ0) is 10.4. The number of carbonyl (C=O) groups is 1. The van der Waals surface area contributed by atoms with E-state index < -0.39 is 0 Å². The fourth-order valence-corrected chi connectivity index (χ4v) is 2.02. The van der Waals surface area contributed by atoms with Crippen LogP contribution < -0.4 is 0 Å². The predicted molar refractivity (Wildman–Crippen MR) is 52.9 cm³/mol. The Hall–Kier alpha value is -0.610. The molecule has 0 aromatic rings. The Morgan fingerprint density at radius 1 is 1.50 bits per heavy atom. The summed E-state index contributed by atoms with van der Waals surface area (Å²) in [6.07, 6.45) is 4.73. The molecule has 0 aromatic carbocycles. The number of nitrogens with zero attached hydrogens (tertiary/aromatic N) is 1. The Labute approximate surface area is 84.8 Å². The second-order valence-electron chi connectivity index (χ2n) is 3.71. The Kier molecular flexibility index (Phi) is 4.90. The third-order valence-corrected chi connectivity index (χ3v) is 2.79. The van der Waals surface area contributed by atoms with Gasteiger partial charge in [-0.15, -0.1) is 0 Å². The molecule has 0 unspecified atom stereocenters. The molecular weight excluding hydrogens is 182 g/mol. The normalized spacial score (nSPS) is 17.6. The largest absolute Gasteiger partial charge is 0.468 e. The second kappa shape index (κ2) is 5.98. The van der Waals surface area contributed by atoms with Gasteiger partial charge in [-0.05, 0) is 12.8 Å². The lowest BCUT2D eigenvalue weighted by atomic mass is 10.2. The maximum absolute atomic E-state index is 11.1. The van der Waals surface area contributed by atoms with E-state index in [9.17, 15) is 4.79 Å². The molecule has 4 nitrogen and oxygen atoms in total. The monoisotopic (exact) mass is 201 g/mol. The molecule has 14 heavy (non-hydrogen) atoms. The van der Waals surface area contributed by atoms with E-state index in [1.165, 1.54) is 20.0 Å². The number of carbonyl (C=O) groups excluding carboxylic acids is 1. The molecule has 82 valence electrons. The zero-order valence-corrected chi connectivity index (χ0v) is 8.74. The van der Waals surface area contributed by atoms with Gasteiger partial charge >= 0.3 is 5.97 Å². The summed E-state index contributed by atoms with van der Waals surface area (Å²) in [6, 6.07) is 0.459. The molecule has 1 rings (SSSR count). The number of aliphatic hydroxyl groups is 1. The Morgan fingerprint density at radius 3 is 2.64 bits per heavy atom. The predicted octanol–water partition coefficient (Wildman–Crippen LogP) is 0.396. The van der Waals surface area contributed by atoms with Crippen LogP contribution in [0.5, 0.6) is 0 Å². The fraction of sp³-hybridized carbons (Fsp3) is 0.900. The van der Waals surface area contributed by atoms with Crippen molar-refractivity contribution in [1.82, 2.24) is 4.90 Å². The van der Waals surface area contributed by atoms with Crippen LogP contribution in [0.3, 0.4) is 0 Å². The van der Waals surface area contributed by atoms with Crippen molar-refractivity contribution in [1.29, 1.82) is 0 Å². The second-order valence-corrected chi connectivity index (χ2v) is 3.71. The minimum atomic E-state index is -0.217. The van der Waals surface area contributed by atoms with Gasteiger partial charge in [-0.3, -0.25) is 9.69 Å². The Balaban J connectivity index is 2.40. The molecule has 0 bridgehead atoms. The fourth-order valence-electron chi connectivity index (χ4n) is 2.02. The lowest BCUT2D eigenvalue weighted by Crippen LogP contribution is -2.39. The first-order valence-corrected chi connectivity index (χ1v) is 5.19. The highest BCUT2D eigenvalue weighted by molar-refractivity contribution is 5.71. The number of ether oxygens (including phenoxy) is 1. The number of methoxy groups -OCH3 is 1. The molecule has 1 fully saturated rings. The first-order valence-electron chi connectivity index (χ1n) is 5.19. The summed E-state index contributed by atoms with van der Waals surface area (Å²) in [5, 5.41) is 8.89. The van der Waals surface area contributed by atoms with Crippen molar-refractivity contribution in [3.8, 4) is 0 Å². The van der Waals surface area contributed by atoms with Crippen LogP contribution in [-0.2, 0) is 9.53 Å². The van der Waals surface area contributed by atoms with E-state index >= 15 is 0 Å². The molecule has 4 heteroatoms. The highest BCUT2D eigenvalue weighted by atomic mass is 16.5. The SMILES string of the molecule is COC(=O)CN(CCO)C1CCCC1. The molecule has 0 radical (unpaired) electrons. The van der Waals surface area contributed by atoms with Crippen molar-refractivity contribution in [2.24, 2.45) is 0 Å². The average molecular weight is 201 g/mol. The lowest BCUT2D eigenvalue weighted by molar-refractivity contribution is -0.142. The van der Waals surface area contributed by atoms with E-state index in [1.54, 1.807) is 0 Å². The summed E-state index contributed by atoms with van der Waals surface area (Å²) < 4.78 is 4.62. The van der Waals surface area contributed by atoms with Crippen molar-refractivity contribution in [2.75, 3.05) is 26.8 Å². The molecule has 0 aromatic heterocycles. The van der Waals surface area contributed by atoms with E-state index in [0.717, 1.165) is 12.8 Å². The molecule has 0 heterocycles. The van der Waals surface area contributed by atoms with Crippen LogP contribution in [-0.4, -0.2) is 48.8 Å². The number of rotatable bonds is 5. The van der Waals surface area contributed by atoms with Crippen LogP contribution in [0.2, 0.25) is 0 Å². The summed E-state index contributed by atoms with van der Waals surface area (Å²) in [7, 11) is 1.40. The van der Waals surface area contributed by atoms with E-state index in [1.807, 2.05) is 4.90 Å². The molecular formula is C10H19NO3. The van der Waals surface area contributed by atoms with Gasteiger partial charge in [-0.1, -0.05) is 12.8 Å². The zero-order valence-electron chi connectivity index (χ0n) is 8.74. The Morgan fingerprint density at radius 2 is 2.14 bits per heavy atom. The Bertz CT molecular complexity index is 178. The molecule has 1 N–H and O–H groups in total. The number of aliphatic hydroxyl groups excluding tert-OH is 1. The van der Waals surface area contributed by atoms with Crippen LogP contribution in [0.4, 0.5) is 0 Å². The highest BCUT2D eigenvalue weighted by Crippen LogP contribution is 2.22. The lowest BCUT2D eigenvalue weighted by Gasteiger charge is -2.26. The van der Waals surface area contributed by atoms with Gasteiger partial charge in [0.2, 0.25) is 0 Å². The molecule has 0 atom stereocenters. The van der Waals surface area contributed by atoms with Crippen LogP contribution in [0.25, 0.3) is 0 Å². The minimum Gasteiger partial charge on any atom is -0.468 e. The van der Waals surface area contributed by atoms with Gasteiger partial charge in [0.15, 0.2) is 0 Å². The van der Waals surface area contributed by atoms with Crippen LogP contribution in [0.15, 0.2) is 0 Å². The maximum atomic E-state index is 11.1. The van der Waals surface area contributed by atoms with E-state index in [-0.39, 0.29) is 12.6 Å². The van der Waals surface area contributed by atoms with Crippen molar-refractivity contribution in [2.45, 2.75) is 31.7 Å². The van der Waals surface area contributed by atoms with Crippen LogP contribution in [0, 0.1) is 0 Å². The average Bonchev–Trinajstić information content (AvgIpc) is 2.69. The van der Waals surface area contributed by atoms with Crippen LogP contribution in [0.1, 0.15) is 25.7 Å². The molecule has 0 amide bonds. The highest BCUT2D eigenvalue weighted by Gasteiger charge is 2.23. The van der Waals surface area contributed by atoms with Gasteiger partial charge < -0.3 is 9.84 Å². The van der Waals surface area contributed by atoms with Gasteiger partial charge in [0, 0.05) is 12.6 Å². The van der Waals surface area contributed by atoms with Crippen molar-refractivity contribution >= 4 is 5.97 Å². The smallest absolute Gasteiger partial charge is 0.319 e. The van der Waals surface area contributed by atoms with Crippen molar-refractivity contribution in [3.63, 3.8) is 0 Å². The van der Waals surface area contributed by atoms with Gasteiger partial charge in [0.25, 0.3) is 0 Å². The molecule has 1 aliphatic carbocycles. The van der Waals surface area contributed by atoms with Gasteiger partial charge in [-0.2, -0.15) is 0 Å². The van der Waals surface area contributed by atoms with E-state index in [0.29, 0.717) is 19.1 Å². The number of hydrogen-bond acceptors (Lipinski definition) is 4. The molecule has 0 aliphatic heterocycles. The first-order chi connectivity index (χ1) is 6.77. The van der Waals surface area contributed by atoms with E-state index in [4.69, 9.17) is 5.11 Å². The summed E-state index contributed by atoms with van der Waals surface area (Å²) in [5.74, 6) is -0.217. The molecule has 0 saturated heterocycles. The van der Waals surface area contributed by atoms with Gasteiger partial charge in [-0.25, -0.2) is 0 Å². The topological polar surface area (TPSA) is 49.8 Å². The maximum Gasteiger partial charge on any atom is 0.319 e. The standard InChI is InChI=1S/C10H19NO3/c1-14-10(13)8-11(6-7-12)9-4-2-3-5-9/h9,12H,2-8H2,1H3. The molecule has 1 aliphatic rings. The van der Waals surface area contributed by atoms with E-state index in [2.05, 4.69) is 4.74 Å². The van der Waals surface area contributed by atoms with Gasteiger partial charge in [0.1, 0.15) is 0 Å². The van der Waals surface area contributed by atoms with Crippen molar-refractivity contribution in [3.05, 3.63) is 0 Å². The summed E-state index contributed by atoms with van der Waals surface area (Å²) >= 11 is 0. The third-order valence-electron chi connectivity index (χ3n) is 2.79. The number of esters is 1. The molecule has 1 saturated carbocycles. The van der Waals surface area contributed by atoms with Gasteiger partial charge in [0.05, 0.1) is 20.3 Å².